The van der Waals surface area contributed by atoms with Crippen LogP contribution in [0.5, 0.6) is 0 Å². The van der Waals surface area contributed by atoms with Crippen LogP contribution in [0.3, 0.4) is 0 Å². The van der Waals surface area contributed by atoms with Crippen molar-refractivity contribution in [3.8, 4) is 0 Å². The van der Waals surface area contributed by atoms with Crippen molar-refractivity contribution in [2.45, 2.75) is 24.4 Å². The third-order valence-corrected chi connectivity index (χ3v) is 5.98. The molecule has 5 heteroatoms. The summed E-state index contributed by atoms with van der Waals surface area (Å²) >= 11 is 1.79. The molecule has 0 aliphatic carbocycles. The Bertz CT molecular complexity index is 1000. The second-order valence-corrected chi connectivity index (χ2v) is 8.23. The van der Waals surface area contributed by atoms with Crippen molar-refractivity contribution in [3.63, 3.8) is 0 Å². The van der Waals surface area contributed by atoms with Crippen LogP contribution in [0.4, 0.5) is 0 Å². The van der Waals surface area contributed by atoms with E-state index in [9.17, 15) is 0 Å². The number of aromatic nitrogens is 1. The highest BCUT2D eigenvalue weighted by molar-refractivity contribution is 7.97. The molecule has 2 aliphatic heterocycles. The van der Waals surface area contributed by atoms with Gasteiger partial charge in [-0.3, -0.25) is 4.98 Å². The van der Waals surface area contributed by atoms with Gasteiger partial charge in [0, 0.05) is 41.9 Å². The molecule has 2 aliphatic rings. The van der Waals surface area contributed by atoms with Crippen LogP contribution in [0.2, 0.25) is 0 Å². The summed E-state index contributed by atoms with van der Waals surface area (Å²) < 4.78 is 7.92. The Hall–Kier alpha value is -2.63. The van der Waals surface area contributed by atoms with Crippen molar-refractivity contribution in [1.82, 2.24) is 9.29 Å². The number of ether oxygens (including phenoxy) is 1. The van der Waals surface area contributed by atoms with Crippen molar-refractivity contribution in [1.29, 1.82) is 0 Å². The van der Waals surface area contributed by atoms with Gasteiger partial charge in [-0.15, -0.1) is 0 Å². The van der Waals surface area contributed by atoms with E-state index in [2.05, 4.69) is 74.9 Å². The van der Waals surface area contributed by atoms with Crippen molar-refractivity contribution in [2.75, 3.05) is 13.2 Å². The molecule has 5 rings (SSSR count). The van der Waals surface area contributed by atoms with Crippen LogP contribution >= 0.6 is 11.9 Å². The van der Waals surface area contributed by atoms with E-state index in [-0.39, 0.29) is 0 Å². The topological polar surface area (TPSA) is 37.7 Å². The van der Waals surface area contributed by atoms with Gasteiger partial charge in [0.15, 0.2) is 0 Å². The van der Waals surface area contributed by atoms with Crippen molar-refractivity contribution >= 4 is 17.8 Å². The molecule has 0 bridgehead atoms. The Morgan fingerprint density at radius 2 is 1.79 bits per heavy atom. The van der Waals surface area contributed by atoms with Crippen molar-refractivity contribution in [3.05, 3.63) is 94.8 Å². The Kier molecular flexibility index (Phi) is 4.85. The lowest BCUT2D eigenvalue weighted by atomic mass is 10.1. The molecule has 1 aromatic heterocycles. The molecule has 0 atom stereocenters. The predicted octanol–water partition coefficient (Wildman–Crippen LogP) is 4.47. The summed E-state index contributed by atoms with van der Waals surface area (Å²) in [5.41, 5.74) is 6.21. The number of pyridine rings is 1. The monoisotopic (exact) mass is 387 g/mol. The number of rotatable bonds is 5. The van der Waals surface area contributed by atoms with E-state index < -0.39 is 0 Å². The largest absolute Gasteiger partial charge is 0.476 e. The molecule has 4 nitrogen and oxygen atoms in total. The second kappa shape index (κ2) is 7.78. The highest BCUT2D eigenvalue weighted by atomic mass is 32.2. The minimum absolute atomic E-state index is 0.693. The predicted molar refractivity (Wildman–Crippen MR) is 112 cm³/mol. The summed E-state index contributed by atoms with van der Waals surface area (Å²) in [5, 5.41) is 0. The lowest BCUT2D eigenvalue weighted by molar-refractivity contribution is 0.348. The van der Waals surface area contributed by atoms with Crippen LogP contribution in [0.15, 0.2) is 76.7 Å². The molecule has 140 valence electrons. The third kappa shape index (κ3) is 3.81. The van der Waals surface area contributed by atoms with Gasteiger partial charge in [-0.2, -0.15) is 0 Å². The number of nitrogens with zero attached hydrogens (tertiary/aromatic N) is 3. The van der Waals surface area contributed by atoms with Crippen LogP contribution in [-0.2, 0) is 24.2 Å². The van der Waals surface area contributed by atoms with E-state index in [0.29, 0.717) is 6.61 Å². The van der Waals surface area contributed by atoms with E-state index in [1.807, 2.05) is 6.20 Å². The quantitative estimate of drug-likeness (QED) is 0.605. The molecule has 0 saturated carbocycles. The molecule has 0 saturated heterocycles. The summed E-state index contributed by atoms with van der Waals surface area (Å²) in [6.07, 6.45) is 2.93. The molecule has 3 heterocycles. The molecule has 0 amide bonds. The first kappa shape index (κ1) is 17.5. The Labute approximate surface area is 169 Å². The van der Waals surface area contributed by atoms with Gasteiger partial charge in [-0.05, 0) is 59.0 Å². The summed E-state index contributed by atoms with van der Waals surface area (Å²) in [6, 6.07) is 21.3. The fraction of sp³-hybridized carbons (Fsp3) is 0.217. The molecule has 28 heavy (non-hydrogen) atoms. The molecule has 0 N–H and O–H groups in total. The summed E-state index contributed by atoms with van der Waals surface area (Å²) in [6.45, 7) is 3.33. The normalized spacial score (nSPS) is 15.9. The number of benzene rings is 2. The summed E-state index contributed by atoms with van der Waals surface area (Å²) in [4.78, 5) is 10.3. The van der Waals surface area contributed by atoms with Crippen LogP contribution < -0.4 is 0 Å². The van der Waals surface area contributed by atoms with Gasteiger partial charge >= 0.3 is 0 Å². The minimum Gasteiger partial charge on any atom is -0.476 e. The number of fused-ring (bicyclic) bond motifs is 1. The van der Waals surface area contributed by atoms with Gasteiger partial charge in [0.25, 0.3) is 0 Å². The zero-order valence-electron chi connectivity index (χ0n) is 15.5. The molecule has 3 aromatic rings. The maximum absolute atomic E-state index is 5.53. The smallest absolute Gasteiger partial charge is 0.216 e. The molecular formula is C23H21N3OS. The van der Waals surface area contributed by atoms with Gasteiger partial charge in [-0.25, -0.2) is 9.30 Å². The highest BCUT2D eigenvalue weighted by Crippen LogP contribution is 2.33. The van der Waals surface area contributed by atoms with E-state index in [1.165, 1.54) is 21.6 Å². The van der Waals surface area contributed by atoms with Crippen LogP contribution in [-0.4, -0.2) is 28.3 Å². The van der Waals surface area contributed by atoms with E-state index >= 15 is 0 Å². The Morgan fingerprint density at radius 1 is 0.964 bits per heavy atom. The fourth-order valence-electron chi connectivity index (χ4n) is 3.58. The first-order valence-corrected chi connectivity index (χ1v) is 10.3. The first-order chi connectivity index (χ1) is 13.8. The molecule has 2 aromatic carbocycles. The van der Waals surface area contributed by atoms with E-state index in [4.69, 9.17) is 4.74 Å². The van der Waals surface area contributed by atoms with E-state index in [1.54, 1.807) is 11.9 Å². The lowest BCUT2D eigenvalue weighted by Gasteiger charge is -2.13. The van der Waals surface area contributed by atoms with Crippen LogP contribution in [0, 0.1) is 0 Å². The average molecular weight is 388 g/mol. The second-order valence-electron chi connectivity index (χ2n) is 7.06. The number of hydrogen-bond acceptors (Lipinski definition) is 5. The summed E-state index contributed by atoms with van der Waals surface area (Å²) in [5.74, 6) is 0.766. The average Bonchev–Trinajstić information content (AvgIpc) is 3.39. The zero-order valence-corrected chi connectivity index (χ0v) is 16.4. The van der Waals surface area contributed by atoms with Gasteiger partial charge in [-0.1, -0.05) is 30.3 Å². The van der Waals surface area contributed by atoms with Crippen LogP contribution in [0.1, 0.15) is 27.9 Å². The van der Waals surface area contributed by atoms with E-state index in [0.717, 1.165) is 43.2 Å². The lowest BCUT2D eigenvalue weighted by Crippen LogP contribution is -2.05. The van der Waals surface area contributed by atoms with Gasteiger partial charge in [0.1, 0.15) is 6.61 Å². The number of hydrogen-bond donors (Lipinski definition) is 0. The van der Waals surface area contributed by atoms with Crippen molar-refractivity contribution in [2.24, 2.45) is 4.99 Å². The Balaban J connectivity index is 1.24. The number of aliphatic imine (C=N–C) groups is 1. The zero-order chi connectivity index (χ0) is 18.8. The SMILES string of the molecule is c1ccc(Cc2cc3c(cn2)CN(Sc2ccc(C4=NCCO4)cc2)C3)cc1. The standard InChI is InChI=1S/C23H21N3OS/c1-2-4-17(5-3-1)12-21-13-19-15-26(16-20(19)14-25-21)28-22-8-6-18(7-9-22)23-24-10-11-27-23/h1-9,13-14H,10-12,15-16H2. The van der Waals surface area contributed by atoms with Gasteiger partial charge < -0.3 is 4.74 Å². The summed E-state index contributed by atoms with van der Waals surface area (Å²) in [7, 11) is 0. The molecular weight excluding hydrogens is 366 g/mol. The highest BCUT2D eigenvalue weighted by Gasteiger charge is 2.21. The third-order valence-electron chi connectivity index (χ3n) is 4.98. The first-order valence-electron chi connectivity index (χ1n) is 9.55. The van der Waals surface area contributed by atoms with Gasteiger partial charge in [0.2, 0.25) is 5.90 Å². The van der Waals surface area contributed by atoms with Crippen molar-refractivity contribution < 1.29 is 4.74 Å². The van der Waals surface area contributed by atoms with Gasteiger partial charge in [0.05, 0.1) is 6.54 Å². The fourth-order valence-corrected chi connectivity index (χ4v) is 4.55. The molecule has 0 spiro atoms. The minimum atomic E-state index is 0.693. The Morgan fingerprint density at radius 3 is 2.57 bits per heavy atom. The molecule has 0 fully saturated rings. The molecule has 0 radical (unpaired) electrons. The maximum atomic E-state index is 5.53. The maximum Gasteiger partial charge on any atom is 0.216 e. The van der Waals surface area contributed by atoms with Crippen LogP contribution in [0.25, 0.3) is 0 Å². The molecule has 0 unspecified atom stereocenters.